The fourth-order valence-corrected chi connectivity index (χ4v) is 3.02. The maximum absolute atomic E-state index is 12.0. The number of nitrogen functional groups attached to an aromatic ring is 1. The minimum absolute atomic E-state index is 0.401. The van der Waals surface area contributed by atoms with Gasteiger partial charge in [-0.1, -0.05) is 0 Å². The van der Waals surface area contributed by atoms with E-state index in [4.69, 9.17) is 10.5 Å². The van der Waals surface area contributed by atoms with Gasteiger partial charge < -0.3 is 10.5 Å². The minimum atomic E-state index is -1.03. The van der Waals surface area contributed by atoms with Crippen LogP contribution in [0.5, 0.6) is 0 Å². The molecule has 0 saturated carbocycles. The molecular weight excluding hydrogens is 212 g/mol. The molecule has 1 aliphatic rings. The number of nitrogens with zero attached hydrogens (tertiary/aromatic N) is 1. The van der Waals surface area contributed by atoms with E-state index >= 15 is 0 Å². The van der Waals surface area contributed by atoms with Gasteiger partial charge in [0.15, 0.2) is 0 Å². The summed E-state index contributed by atoms with van der Waals surface area (Å²) in [5.41, 5.74) is 6.22. The number of pyridine rings is 1. The molecule has 1 aromatic heterocycles. The van der Waals surface area contributed by atoms with E-state index in [1.807, 2.05) is 0 Å². The average molecular weight is 226 g/mol. The molecule has 0 aliphatic carbocycles. The highest BCUT2D eigenvalue weighted by atomic mass is 32.2. The van der Waals surface area contributed by atoms with E-state index in [0.717, 1.165) is 19.6 Å². The molecule has 1 saturated heterocycles. The molecular formula is C10H14N2O2S. The van der Waals surface area contributed by atoms with Crippen molar-refractivity contribution in [1.82, 2.24) is 4.98 Å². The molecule has 5 heteroatoms. The fourth-order valence-electron chi connectivity index (χ4n) is 1.62. The minimum Gasteiger partial charge on any atom is -0.396 e. The second-order valence-electron chi connectivity index (χ2n) is 3.66. The predicted octanol–water partition coefficient (Wildman–Crippen LogP) is 0.808. The van der Waals surface area contributed by atoms with Crippen molar-refractivity contribution < 1.29 is 8.95 Å². The molecule has 0 spiro atoms. The van der Waals surface area contributed by atoms with E-state index in [-0.39, 0.29) is 0 Å². The summed E-state index contributed by atoms with van der Waals surface area (Å²) in [5.74, 6) is 1.03. The molecule has 0 aromatic carbocycles. The number of hydrogen-bond donors (Lipinski definition) is 1. The van der Waals surface area contributed by atoms with E-state index in [9.17, 15) is 4.21 Å². The quantitative estimate of drug-likeness (QED) is 0.828. The maximum atomic E-state index is 12.0. The van der Waals surface area contributed by atoms with Crippen molar-refractivity contribution in [2.45, 2.75) is 11.3 Å². The summed E-state index contributed by atoms with van der Waals surface area (Å²) in [4.78, 5) is 4.57. The Bertz CT molecular complexity index is 364. The summed E-state index contributed by atoms with van der Waals surface area (Å²) >= 11 is 0. The normalized spacial score (nSPS) is 22.8. The number of anilines is 1. The van der Waals surface area contributed by atoms with Crippen molar-refractivity contribution in [3.05, 3.63) is 18.5 Å². The molecule has 4 nitrogen and oxygen atoms in total. The number of ether oxygens (including phenoxy) is 1. The molecule has 1 fully saturated rings. The van der Waals surface area contributed by atoms with Crippen molar-refractivity contribution in [2.75, 3.05) is 24.7 Å². The lowest BCUT2D eigenvalue weighted by Crippen LogP contribution is -2.12. The average Bonchev–Trinajstić information content (AvgIpc) is 2.71. The van der Waals surface area contributed by atoms with Crippen LogP contribution in [-0.4, -0.2) is 28.2 Å². The van der Waals surface area contributed by atoms with Crippen LogP contribution < -0.4 is 5.73 Å². The molecule has 2 atom stereocenters. The van der Waals surface area contributed by atoms with E-state index in [2.05, 4.69) is 4.98 Å². The van der Waals surface area contributed by atoms with E-state index in [1.54, 1.807) is 18.5 Å². The molecule has 0 radical (unpaired) electrons. The number of rotatable bonds is 3. The third-order valence-corrected chi connectivity index (χ3v) is 4.10. The van der Waals surface area contributed by atoms with Gasteiger partial charge in [0.05, 0.1) is 34.2 Å². The number of aromatic nitrogens is 1. The first-order chi connectivity index (χ1) is 7.27. The second kappa shape index (κ2) is 4.72. The topological polar surface area (TPSA) is 65.2 Å². The number of nitrogens with two attached hydrogens (primary N) is 1. The Labute approximate surface area is 91.3 Å². The van der Waals surface area contributed by atoms with Crippen LogP contribution in [0.4, 0.5) is 5.69 Å². The van der Waals surface area contributed by atoms with Crippen molar-refractivity contribution >= 4 is 16.5 Å². The summed E-state index contributed by atoms with van der Waals surface area (Å²) < 4.78 is 17.2. The Hall–Kier alpha value is -0.940. The molecule has 0 bridgehead atoms. The summed E-state index contributed by atoms with van der Waals surface area (Å²) in [6.45, 7) is 1.50. The summed E-state index contributed by atoms with van der Waals surface area (Å²) in [6.07, 6.45) is 4.16. The largest absolute Gasteiger partial charge is 0.396 e. The van der Waals surface area contributed by atoms with Crippen LogP contribution in [0.25, 0.3) is 0 Å². The van der Waals surface area contributed by atoms with Crippen LogP contribution in [-0.2, 0) is 15.5 Å². The molecule has 1 aliphatic heterocycles. The fraction of sp³-hybridized carbons (Fsp3) is 0.500. The van der Waals surface area contributed by atoms with Gasteiger partial charge in [-0.15, -0.1) is 0 Å². The third kappa shape index (κ3) is 2.54. The van der Waals surface area contributed by atoms with Gasteiger partial charge in [-0.05, 0) is 18.4 Å². The molecule has 2 rings (SSSR count). The molecule has 2 N–H and O–H groups in total. The Morgan fingerprint density at radius 2 is 2.53 bits per heavy atom. The van der Waals surface area contributed by atoms with Gasteiger partial charge in [0.1, 0.15) is 0 Å². The van der Waals surface area contributed by atoms with Crippen LogP contribution in [0.15, 0.2) is 23.4 Å². The van der Waals surface area contributed by atoms with Gasteiger partial charge in [-0.25, -0.2) is 0 Å². The zero-order chi connectivity index (χ0) is 10.7. The standard InChI is InChI=1S/C10H14N2O2S/c11-9-5-12-3-1-10(9)15(13)7-8-2-4-14-6-8/h1,3,5,8H,2,4,6-7,11H2. The highest BCUT2D eigenvalue weighted by Crippen LogP contribution is 2.20. The van der Waals surface area contributed by atoms with Crippen LogP contribution in [0.2, 0.25) is 0 Å². The van der Waals surface area contributed by atoms with E-state index < -0.39 is 10.8 Å². The lowest BCUT2D eigenvalue weighted by Gasteiger charge is -2.08. The van der Waals surface area contributed by atoms with Crippen molar-refractivity contribution in [2.24, 2.45) is 5.92 Å². The first-order valence-corrected chi connectivity index (χ1v) is 6.25. The Kier molecular flexibility index (Phi) is 3.33. The Morgan fingerprint density at radius 1 is 1.67 bits per heavy atom. The molecule has 2 unspecified atom stereocenters. The maximum Gasteiger partial charge on any atom is 0.0664 e. The van der Waals surface area contributed by atoms with Gasteiger partial charge >= 0.3 is 0 Å². The summed E-state index contributed by atoms with van der Waals surface area (Å²) in [7, 11) is -1.03. The van der Waals surface area contributed by atoms with Gasteiger partial charge in [0.2, 0.25) is 0 Å². The van der Waals surface area contributed by atoms with Crippen LogP contribution in [0.1, 0.15) is 6.42 Å². The van der Waals surface area contributed by atoms with Gasteiger partial charge in [0, 0.05) is 18.6 Å². The predicted molar refractivity (Wildman–Crippen MR) is 58.9 cm³/mol. The molecule has 0 amide bonds. The van der Waals surface area contributed by atoms with Gasteiger partial charge in [-0.2, -0.15) is 0 Å². The summed E-state index contributed by atoms with van der Waals surface area (Å²) in [5, 5.41) is 0. The van der Waals surface area contributed by atoms with Crippen molar-refractivity contribution in [1.29, 1.82) is 0 Å². The van der Waals surface area contributed by atoms with Gasteiger partial charge in [0.25, 0.3) is 0 Å². The second-order valence-corrected chi connectivity index (χ2v) is 5.12. The summed E-state index contributed by atoms with van der Waals surface area (Å²) in [6, 6.07) is 1.72. The zero-order valence-corrected chi connectivity index (χ0v) is 9.20. The van der Waals surface area contributed by atoms with E-state index in [0.29, 0.717) is 22.3 Å². The lowest BCUT2D eigenvalue weighted by atomic mass is 10.2. The third-order valence-electron chi connectivity index (χ3n) is 2.47. The molecule has 1 aromatic rings. The monoisotopic (exact) mass is 226 g/mol. The van der Waals surface area contributed by atoms with Crippen molar-refractivity contribution in [3.63, 3.8) is 0 Å². The Balaban J connectivity index is 2.04. The first-order valence-electron chi connectivity index (χ1n) is 4.93. The lowest BCUT2D eigenvalue weighted by molar-refractivity contribution is 0.189. The van der Waals surface area contributed by atoms with Crippen LogP contribution in [0.3, 0.4) is 0 Å². The highest BCUT2D eigenvalue weighted by molar-refractivity contribution is 7.85. The SMILES string of the molecule is Nc1cnccc1S(=O)CC1CCOC1. The van der Waals surface area contributed by atoms with E-state index in [1.165, 1.54) is 0 Å². The van der Waals surface area contributed by atoms with Crippen molar-refractivity contribution in [3.8, 4) is 0 Å². The van der Waals surface area contributed by atoms with Gasteiger partial charge in [-0.3, -0.25) is 9.19 Å². The van der Waals surface area contributed by atoms with Crippen LogP contribution in [0, 0.1) is 5.92 Å². The molecule has 2 heterocycles. The highest BCUT2D eigenvalue weighted by Gasteiger charge is 2.20. The zero-order valence-electron chi connectivity index (χ0n) is 8.39. The van der Waals surface area contributed by atoms with Crippen LogP contribution >= 0.6 is 0 Å². The Morgan fingerprint density at radius 3 is 3.20 bits per heavy atom. The molecule has 15 heavy (non-hydrogen) atoms. The smallest absolute Gasteiger partial charge is 0.0664 e. The molecule has 82 valence electrons. The number of hydrogen-bond acceptors (Lipinski definition) is 4. The first kappa shape index (κ1) is 10.6.